The van der Waals surface area contributed by atoms with Gasteiger partial charge in [0.25, 0.3) is 5.91 Å². The molecule has 0 bridgehead atoms. The Morgan fingerprint density at radius 3 is 2.45 bits per heavy atom. The molecule has 0 unspecified atom stereocenters. The van der Waals surface area contributed by atoms with E-state index in [0.717, 1.165) is 12.8 Å². The molecule has 2 N–H and O–H groups in total. The first-order valence-corrected chi connectivity index (χ1v) is 6.97. The van der Waals surface area contributed by atoms with Crippen molar-refractivity contribution in [3.8, 4) is 11.5 Å². The minimum Gasteiger partial charge on any atom is -0.490 e. The van der Waals surface area contributed by atoms with Gasteiger partial charge in [-0.15, -0.1) is 0 Å². The highest BCUT2D eigenvalue weighted by Crippen LogP contribution is 2.35. The zero-order chi connectivity index (χ0) is 14.6. The van der Waals surface area contributed by atoms with E-state index in [9.17, 15) is 9.90 Å². The molecule has 0 aliphatic heterocycles. The Morgan fingerprint density at radius 2 is 1.90 bits per heavy atom. The van der Waals surface area contributed by atoms with E-state index >= 15 is 0 Å². The molecule has 0 radical (unpaired) electrons. The van der Waals surface area contributed by atoms with Crippen LogP contribution < -0.4 is 14.8 Å². The van der Waals surface area contributed by atoms with E-state index in [2.05, 4.69) is 5.32 Å². The van der Waals surface area contributed by atoms with E-state index in [4.69, 9.17) is 9.47 Å². The largest absolute Gasteiger partial charge is 0.490 e. The van der Waals surface area contributed by atoms with Crippen molar-refractivity contribution in [3.63, 3.8) is 0 Å². The lowest BCUT2D eigenvalue weighted by Gasteiger charge is -2.16. The van der Waals surface area contributed by atoms with Gasteiger partial charge in [-0.1, -0.05) is 0 Å². The van der Waals surface area contributed by atoms with Gasteiger partial charge in [0.05, 0.1) is 25.4 Å². The summed E-state index contributed by atoms with van der Waals surface area (Å²) in [7, 11) is 0. The van der Waals surface area contributed by atoms with E-state index in [1.54, 1.807) is 18.2 Å². The van der Waals surface area contributed by atoms with Gasteiger partial charge in [-0.25, -0.2) is 0 Å². The zero-order valence-electron chi connectivity index (χ0n) is 11.9. The van der Waals surface area contributed by atoms with Crippen molar-refractivity contribution in [1.82, 2.24) is 5.32 Å². The summed E-state index contributed by atoms with van der Waals surface area (Å²) >= 11 is 0. The van der Waals surface area contributed by atoms with Gasteiger partial charge in [-0.2, -0.15) is 0 Å². The fourth-order valence-corrected chi connectivity index (χ4v) is 1.98. The van der Waals surface area contributed by atoms with Crippen LogP contribution in [0.5, 0.6) is 11.5 Å². The highest BCUT2D eigenvalue weighted by atomic mass is 16.5. The first-order chi connectivity index (χ1) is 9.64. The van der Waals surface area contributed by atoms with Crippen LogP contribution in [-0.4, -0.2) is 36.4 Å². The van der Waals surface area contributed by atoms with E-state index in [1.165, 1.54) is 0 Å². The molecule has 20 heavy (non-hydrogen) atoms. The minimum absolute atomic E-state index is 0.0198. The van der Waals surface area contributed by atoms with Gasteiger partial charge in [0.1, 0.15) is 0 Å². The van der Waals surface area contributed by atoms with Crippen LogP contribution >= 0.6 is 0 Å². The fraction of sp³-hybridized carbons (Fsp3) is 0.533. The Labute approximate surface area is 118 Å². The average molecular weight is 279 g/mol. The SMILES string of the molecule is CCOc1ccc(C(=O)NC2(CO)CC2)cc1OCC. The number of hydrogen-bond acceptors (Lipinski definition) is 4. The van der Waals surface area contributed by atoms with Crippen LogP contribution in [0, 0.1) is 0 Å². The van der Waals surface area contributed by atoms with Crippen LogP contribution in [0.3, 0.4) is 0 Å². The molecule has 110 valence electrons. The van der Waals surface area contributed by atoms with E-state index in [0.29, 0.717) is 30.3 Å². The molecule has 1 saturated carbocycles. The molecule has 0 spiro atoms. The topological polar surface area (TPSA) is 67.8 Å². The predicted octanol–water partition coefficient (Wildman–Crippen LogP) is 1.74. The monoisotopic (exact) mass is 279 g/mol. The lowest BCUT2D eigenvalue weighted by Crippen LogP contribution is -2.39. The molecule has 5 heteroatoms. The van der Waals surface area contributed by atoms with Gasteiger partial charge in [0.2, 0.25) is 0 Å². The molecular formula is C15H21NO4. The number of nitrogens with one attached hydrogen (secondary N) is 1. The Balaban J connectivity index is 2.15. The smallest absolute Gasteiger partial charge is 0.251 e. The molecule has 2 rings (SSSR count). The van der Waals surface area contributed by atoms with Crippen LogP contribution in [0.2, 0.25) is 0 Å². The standard InChI is InChI=1S/C15H21NO4/c1-3-19-12-6-5-11(9-13(12)20-4-2)14(18)16-15(10-17)7-8-15/h5-6,9,17H,3-4,7-8,10H2,1-2H3,(H,16,18). The van der Waals surface area contributed by atoms with Gasteiger partial charge in [0, 0.05) is 5.56 Å². The quantitative estimate of drug-likeness (QED) is 0.797. The Bertz CT molecular complexity index is 483. The summed E-state index contributed by atoms with van der Waals surface area (Å²) in [5, 5.41) is 12.1. The third kappa shape index (κ3) is 3.22. The molecule has 1 aromatic carbocycles. The maximum Gasteiger partial charge on any atom is 0.251 e. The molecule has 0 atom stereocenters. The van der Waals surface area contributed by atoms with Gasteiger partial charge in [-0.05, 0) is 44.9 Å². The second-order valence-corrected chi connectivity index (χ2v) is 4.92. The number of benzene rings is 1. The summed E-state index contributed by atoms with van der Waals surface area (Å²) in [5.74, 6) is 1.01. The van der Waals surface area contributed by atoms with Crippen molar-refractivity contribution >= 4 is 5.91 Å². The van der Waals surface area contributed by atoms with Gasteiger partial charge >= 0.3 is 0 Å². The molecule has 1 aliphatic carbocycles. The van der Waals surface area contributed by atoms with Crippen LogP contribution in [-0.2, 0) is 0 Å². The van der Waals surface area contributed by atoms with Gasteiger partial charge in [-0.3, -0.25) is 4.79 Å². The van der Waals surface area contributed by atoms with E-state index < -0.39 is 5.54 Å². The van der Waals surface area contributed by atoms with E-state index in [1.807, 2.05) is 13.8 Å². The van der Waals surface area contributed by atoms with E-state index in [-0.39, 0.29) is 12.5 Å². The number of aliphatic hydroxyl groups excluding tert-OH is 1. The van der Waals surface area contributed by atoms with Gasteiger partial charge < -0.3 is 19.9 Å². The van der Waals surface area contributed by atoms with Crippen molar-refractivity contribution in [2.24, 2.45) is 0 Å². The lowest BCUT2D eigenvalue weighted by atomic mass is 10.1. The lowest BCUT2D eigenvalue weighted by molar-refractivity contribution is 0.0906. The second-order valence-electron chi connectivity index (χ2n) is 4.92. The summed E-state index contributed by atoms with van der Waals surface area (Å²) in [4.78, 5) is 12.2. The number of aliphatic hydroxyl groups is 1. The van der Waals surface area contributed by atoms with Crippen LogP contribution in [0.15, 0.2) is 18.2 Å². The normalized spacial score (nSPS) is 15.6. The van der Waals surface area contributed by atoms with Crippen molar-refractivity contribution in [3.05, 3.63) is 23.8 Å². The van der Waals surface area contributed by atoms with Crippen molar-refractivity contribution < 1.29 is 19.4 Å². The molecule has 1 aromatic rings. The maximum absolute atomic E-state index is 12.2. The number of carbonyl (C=O) groups excluding carboxylic acids is 1. The summed E-state index contributed by atoms with van der Waals surface area (Å²) in [6.45, 7) is 4.81. The first kappa shape index (κ1) is 14.7. The zero-order valence-corrected chi connectivity index (χ0v) is 11.9. The highest BCUT2D eigenvalue weighted by Gasteiger charge is 2.43. The average Bonchev–Trinajstić information content (AvgIpc) is 3.21. The first-order valence-electron chi connectivity index (χ1n) is 6.97. The summed E-state index contributed by atoms with van der Waals surface area (Å²) in [6.07, 6.45) is 1.65. The number of carbonyl (C=O) groups is 1. The van der Waals surface area contributed by atoms with Crippen molar-refractivity contribution in [1.29, 1.82) is 0 Å². The van der Waals surface area contributed by atoms with Crippen LogP contribution in [0.25, 0.3) is 0 Å². The van der Waals surface area contributed by atoms with Gasteiger partial charge in [0.15, 0.2) is 11.5 Å². The maximum atomic E-state index is 12.2. The molecule has 1 aliphatic rings. The van der Waals surface area contributed by atoms with Crippen LogP contribution in [0.1, 0.15) is 37.0 Å². The van der Waals surface area contributed by atoms with Crippen LogP contribution in [0.4, 0.5) is 0 Å². The number of rotatable bonds is 7. The number of ether oxygens (including phenoxy) is 2. The third-order valence-electron chi connectivity index (χ3n) is 3.34. The molecule has 5 nitrogen and oxygen atoms in total. The molecule has 0 heterocycles. The van der Waals surface area contributed by atoms with Crippen molar-refractivity contribution in [2.75, 3.05) is 19.8 Å². The molecular weight excluding hydrogens is 258 g/mol. The number of hydrogen-bond donors (Lipinski definition) is 2. The Kier molecular flexibility index (Phi) is 4.49. The minimum atomic E-state index is -0.415. The summed E-state index contributed by atoms with van der Waals surface area (Å²) in [5.41, 5.74) is 0.0955. The molecule has 1 amide bonds. The Hall–Kier alpha value is -1.75. The second kappa shape index (κ2) is 6.13. The highest BCUT2D eigenvalue weighted by molar-refractivity contribution is 5.95. The Morgan fingerprint density at radius 1 is 1.25 bits per heavy atom. The van der Waals surface area contributed by atoms with Crippen molar-refractivity contribution in [2.45, 2.75) is 32.2 Å². The number of amides is 1. The summed E-state index contributed by atoms with van der Waals surface area (Å²) in [6, 6.07) is 5.12. The third-order valence-corrected chi connectivity index (χ3v) is 3.34. The fourth-order valence-electron chi connectivity index (χ4n) is 1.98. The molecule has 0 aromatic heterocycles. The predicted molar refractivity (Wildman–Crippen MR) is 75.3 cm³/mol. The molecule has 1 fully saturated rings. The summed E-state index contributed by atoms with van der Waals surface area (Å²) < 4.78 is 11.0. The molecule has 0 saturated heterocycles.